The van der Waals surface area contributed by atoms with Crippen molar-refractivity contribution >= 4 is 11.6 Å². The number of nitrogens with zero attached hydrogens (tertiary/aromatic N) is 3. The van der Waals surface area contributed by atoms with Gasteiger partial charge >= 0.3 is 0 Å². The number of hydrogen-bond acceptors (Lipinski definition) is 9. The van der Waals surface area contributed by atoms with Gasteiger partial charge < -0.3 is 29.4 Å². The molecule has 0 fully saturated rings. The molecule has 4 aliphatic heterocycles. The van der Waals surface area contributed by atoms with E-state index in [9.17, 15) is 9.90 Å². The summed E-state index contributed by atoms with van der Waals surface area (Å²) in [5, 5.41) is 13.5. The lowest BCUT2D eigenvalue weighted by molar-refractivity contribution is 0.102. The first-order chi connectivity index (χ1) is 25.8. The van der Waals surface area contributed by atoms with Crippen molar-refractivity contribution in [2.24, 2.45) is 0 Å². The normalized spacial score (nSPS) is 18.1. The average Bonchev–Trinajstić information content (AvgIpc) is 3.17. The van der Waals surface area contributed by atoms with Crippen LogP contribution in [-0.4, -0.2) is 67.2 Å². The predicted molar refractivity (Wildman–Crippen MR) is 203 cm³/mol. The minimum absolute atomic E-state index is 0.00608. The van der Waals surface area contributed by atoms with Crippen molar-refractivity contribution < 1.29 is 28.8 Å². The number of rotatable bonds is 5. The molecule has 1 aromatic heterocycles. The van der Waals surface area contributed by atoms with E-state index in [-0.39, 0.29) is 24.6 Å². The molecule has 0 aliphatic carbocycles. The van der Waals surface area contributed by atoms with Gasteiger partial charge in [0, 0.05) is 42.5 Å². The number of nitrogens with one attached hydrogen (secondary N) is 1. The summed E-state index contributed by atoms with van der Waals surface area (Å²) in [4.78, 5) is 22.5. The van der Waals surface area contributed by atoms with Gasteiger partial charge in [-0.3, -0.25) is 19.6 Å². The number of pyridine rings is 1. The topological polar surface area (TPSA) is 106 Å². The predicted octanol–water partition coefficient (Wildman–Crippen LogP) is 7.28. The van der Waals surface area contributed by atoms with Crippen molar-refractivity contribution in [3.8, 4) is 34.5 Å². The molecule has 0 spiro atoms. The molecule has 5 aromatic rings. The number of carbonyl (C=O) groups is 1. The lowest BCUT2D eigenvalue weighted by atomic mass is 9.86. The molecule has 0 saturated carbocycles. The van der Waals surface area contributed by atoms with Crippen molar-refractivity contribution in [1.82, 2.24) is 14.8 Å². The van der Waals surface area contributed by atoms with Crippen molar-refractivity contribution in [3.05, 3.63) is 130 Å². The third-order valence-corrected chi connectivity index (χ3v) is 10.9. The van der Waals surface area contributed by atoms with Crippen LogP contribution < -0.4 is 24.3 Å². The zero-order chi connectivity index (χ0) is 36.6. The minimum atomic E-state index is -0.276. The minimum Gasteiger partial charge on any atom is -0.493 e. The maximum Gasteiger partial charge on any atom is 0.259 e. The van der Waals surface area contributed by atoms with Crippen molar-refractivity contribution in [2.45, 2.75) is 44.4 Å². The molecule has 0 unspecified atom stereocenters. The number of methoxy groups -OCH3 is 2. The quantitative estimate of drug-likeness (QED) is 0.195. The maximum absolute atomic E-state index is 13.7. The van der Waals surface area contributed by atoms with Gasteiger partial charge in [-0.25, -0.2) is 0 Å². The van der Waals surface area contributed by atoms with Gasteiger partial charge in [-0.15, -0.1) is 0 Å². The standard InChI is InChI=1S/C43H44N4O6/c1-46-16-13-28-22-38(50-3)39-23-34(28)35(46)19-27-9-12-33(43(49)45-31-6-5-15-44-24-31)37(20-27)52-32-10-7-26(8-11-32)18-36-40-29(14-17-47(36)2)21-30(25-48)41(51-4)42(40)53-39/h5-12,15,20-24,35-36,48H,13-14,16-19,25H2,1-4H3,(H,45,49)/t35-,36+/m1/s1. The monoisotopic (exact) mass is 712 g/mol. The van der Waals surface area contributed by atoms with Crippen LogP contribution in [0.1, 0.15) is 61.4 Å². The Balaban J connectivity index is 1.30. The third-order valence-electron chi connectivity index (χ3n) is 10.9. The fourth-order valence-electron chi connectivity index (χ4n) is 8.03. The van der Waals surface area contributed by atoms with E-state index in [1.54, 1.807) is 32.7 Å². The van der Waals surface area contributed by atoms with Crippen LogP contribution in [0.5, 0.6) is 34.5 Å². The molecule has 53 heavy (non-hydrogen) atoms. The molecular formula is C43H44N4O6. The van der Waals surface area contributed by atoms with Crippen LogP contribution >= 0.6 is 0 Å². The number of likely N-dealkylation sites (N-methyl/N-ethyl adjacent to an activating group) is 2. The molecule has 2 N–H and O–H groups in total. The summed E-state index contributed by atoms with van der Waals surface area (Å²) in [5.41, 5.74) is 8.38. The van der Waals surface area contributed by atoms with Gasteiger partial charge in [0.1, 0.15) is 11.5 Å². The number of ether oxygens (including phenoxy) is 4. The number of hydrogen-bond donors (Lipinski definition) is 2. The van der Waals surface area contributed by atoms with E-state index in [1.807, 2.05) is 36.4 Å². The second-order valence-electron chi connectivity index (χ2n) is 14.1. The molecule has 2 atom stereocenters. The Bertz CT molecular complexity index is 2160. The van der Waals surface area contributed by atoms with Crippen LogP contribution in [0.2, 0.25) is 0 Å². The fourth-order valence-corrected chi connectivity index (χ4v) is 8.03. The summed E-state index contributed by atoms with van der Waals surface area (Å²) < 4.78 is 25.6. The summed E-state index contributed by atoms with van der Waals surface area (Å²) in [6, 6.07) is 23.7. The number of amides is 1. The Hall–Kier alpha value is -5.42. The van der Waals surface area contributed by atoms with Crippen LogP contribution in [0.3, 0.4) is 0 Å². The molecule has 0 radical (unpaired) electrons. The average molecular weight is 713 g/mol. The third kappa shape index (κ3) is 6.70. The zero-order valence-corrected chi connectivity index (χ0v) is 30.5. The molecule has 6 bridgehead atoms. The van der Waals surface area contributed by atoms with Crippen LogP contribution in [0.4, 0.5) is 5.69 Å². The lowest BCUT2D eigenvalue weighted by Crippen LogP contribution is -2.34. The Labute approximate surface area is 309 Å². The highest BCUT2D eigenvalue weighted by molar-refractivity contribution is 6.06. The van der Waals surface area contributed by atoms with Gasteiger partial charge in [0.05, 0.1) is 38.3 Å². The Morgan fingerprint density at radius 3 is 2.36 bits per heavy atom. The Morgan fingerprint density at radius 2 is 1.62 bits per heavy atom. The second kappa shape index (κ2) is 14.5. The number of aromatic nitrogens is 1. The van der Waals surface area contributed by atoms with Gasteiger partial charge in [0.2, 0.25) is 0 Å². The van der Waals surface area contributed by atoms with E-state index in [2.05, 4.69) is 64.5 Å². The van der Waals surface area contributed by atoms with Crippen LogP contribution in [0.15, 0.2) is 85.2 Å². The summed E-state index contributed by atoms with van der Waals surface area (Å²) in [5.74, 6) is 3.20. The first-order valence-corrected chi connectivity index (χ1v) is 18.1. The largest absolute Gasteiger partial charge is 0.493 e. The molecule has 5 heterocycles. The SMILES string of the molecule is COc1cc2c3cc1Oc1c(OC)c(CO)cc4c1[C@H](Cc1ccc(cc1)Oc1cc(ccc1C(=O)Nc1cccnc1)C[C@H]3N(C)CC2)N(C)CC4. The van der Waals surface area contributed by atoms with Gasteiger partial charge in [-0.2, -0.15) is 0 Å². The Morgan fingerprint density at radius 1 is 0.868 bits per heavy atom. The maximum atomic E-state index is 13.7. The molecule has 10 nitrogen and oxygen atoms in total. The van der Waals surface area contributed by atoms with Crippen molar-refractivity contribution in [3.63, 3.8) is 0 Å². The van der Waals surface area contributed by atoms with Crippen molar-refractivity contribution in [1.29, 1.82) is 0 Å². The fraction of sp³-hybridized carbons (Fsp3) is 0.302. The zero-order valence-electron chi connectivity index (χ0n) is 30.5. The first kappa shape index (κ1) is 34.7. The summed E-state index contributed by atoms with van der Waals surface area (Å²) in [7, 11) is 7.58. The highest BCUT2D eigenvalue weighted by atomic mass is 16.5. The van der Waals surface area contributed by atoms with Gasteiger partial charge in [0.15, 0.2) is 23.0 Å². The van der Waals surface area contributed by atoms with Gasteiger partial charge in [0.25, 0.3) is 5.91 Å². The van der Waals surface area contributed by atoms with Gasteiger partial charge in [-0.1, -0.05) is 18.2 Å². The number of aliphatic hydroxyl groups is 1. The first-order valence-electron chi connectivity index (χ1n) is 18.1. The van der Waals surface area contributed by atoms with E-state index < -0.39 is 0 Å². The molecule has 272 valence electrons. The van der Waals surface area contributed by atoms with E-state index >= 15 is 0 Å². The number of carbonyl (C=O) groups excluding carboxylic acids is 1. The van der Waals surface area contributed by atoms with E-state index in [1.165, 1.54) is 5.56 Å². The lowest BCUT2D eigenvalue weighted by Gasteiger charge is -2.37. The highest BCUT2D eigenvalue weighted by Gasteiger charge is 2.34. The summed E-state index contributed by atoms with van der Waals surface area (Å²) >= 11 is 0. The smallest absolute Gasteiger partial charge is 0.259 e. The molecule has 4 aliphatic rings. The molecular weight excluding hydrogens is 668 g/mol. The Kier molecular flexibility index (Phi) is 9.51. The van der Waals surface area contributed by atoms with E-state index in [0.29, 0.717) is 64.2 Å². The van der Waals surface area contributed by atoms with Crippen LogP contribution in [0.25, 0.3) is 0 Å². The highest BCUT2D eigenvalue weighted by Crippen LogP contribution is 2.50. The van der Waals surface area contributed by atoms with E-state index in [4.69, 9.17) is 18.9 Å². The molecule has 4 aromatic carbocycles. The number of anilines is 1. The number of fused-ring (bicyclic) bond motifs is 2. The molecule has 0 saturated heterocycles. The molecule has 9 rings (SSSR count). The molecule has 10 heteroatoms. The number of aliphatic hydroxyl groups excluding tert-OH is 1. The van der Waals surface area contributed by atoms with Crippen LogP contribution in [0, 0.1) is 0 Å². The van der Waals surface area contributed by atoms with Crippen LogP contribution in [-0.2, 0) is 32.3 Å². The molecule has 1 amide bonds. The van der Waals surface area contributed by atoms with Gasteiger partial charge in [-0.05, 0) is 122 Å². The second-order valence-corrected chi connectivity index (χ2v) is 14.1. The summed E-state index contributed by atoms with van der Waals surface area (Å²) in [6.45, 7) is 1.55. The summed E-state index contributed by atoms with van der Waals surface area (Å²) in [6.07, 6.45) is 6.33. The van der Waals surface area contributed by atoms with E-state index in [0.717, 1.165) is 53.7 Å². The van der Waals surface area contributed by atoms with Crippen molar-refractivity contribution in [2.75, 3.05) is 46.7 Å². The number of benzene rings is 4.